The van der Waals surface area contributed by atoms with Crippen LogP contribution >= 0.6 is 0 Å². The molecule has 3 aromatic heterocycles. The van der Waals surface area contributed by atoms with Crippen LogP contribution in [0.1, 0.15) is 17.2 Å². The highest BCUT2D eigenvalue weighted by Gasteiger charge is 2.18. The summed E-state index contributed by atoms with van der Waals surface area (Å²) in [6.07, 6.45) is 13.9. The predicted molar refractivity (Wildman–Crippen MR) is 194 cm³/mol. The monoisotopic (exact) mass is 602 g/mol. The van der Waals surface area contributed by atoms with Gasteiger partial charge >= 0.3 is 0 Å². The number of aromatic nitrogens is 3. The Morgan fingerprint density at radius 3 is 2.17 bits per heavy atom. The van der Waals surface area contributed by atoms with E-state index in [2.05, 4.69) is 159 Å². The van der Waals surface area contributed by atoms with Crippen LogP contribution in [0.4, 0.5) is 0 Å². The molecule has 1 N–H and O–H groups in total. The molecule has 1 aliphatic heterocycles. The maximum Gasteiger partial charge on any atom is 0.0702 e. The number of pyridine rings is 2. The minimum absolute atomic E-state index is 0.107. The Hall–Kier alpha value is -6.26. The van der Waals surface area contributed by atoms with Gasteiger partial charge in [-0.15, -0.1) is 0 Å². The van der Waals surface area contributed by atoms with E-state index in [-0.39, 0.29) is 6.04 Å². The van der Waals surface area contributed by atoms with Gasteiger partial charge in [0, 0.05) is 57.9 Å². The predicted octanol–water partition coefficient (Wildman–Crippen LogP) is 10.3. The first-order chi connectivity index (χ1) is 23.3. The Labute approximate surface area is 273 Å². The summed E-state index contributed by atoms with van der Waals surface area (Å²) < 4.78 is 2.43. The molecule has 8 aromatic rings. The summed E-state index contributed by atoms with van der Waals surface area (Å²) in [4.78, 5) is 8.52. The van der Waals surface area contributed by atoms with Crippen LogP contribution in [-0.2, 0) is 0 Å². The number of fused-ring (bicyclic) bond motifs is 5. The van der Waals surface area contributed by atoms with Crippen LogP contribution in [0.15, 0.2) is 170 Å². The Bertz CT molecular complexity index is 2480. The minimum Gasteiger partial charge on any atom is -0.374 e. The third kappa shape index (κ3) is 4.79. The molecule has 0 fully saturated rings. The number of hydrogen-bond donors (Lipinski definition) is 1. The largest absolute Gasteiger partial charge is 0.374 e. The van der Waals surface area contributed by atoms with Gasteiger partial charge in [0.15, 0.2) is 0 Å². The second kappa shape index (κ2) is 11.3. The summed E-state index contributed by atoms with van der Waals surface area (Å²) >= 11 is 0. The number of benzene rings is 5. The van der Waals surface area contributed by atoms with Gasteiger partial charge in [-0.05, 0) is 87.8 Å². The molecule has 5 aromatic carbocycles. The lowest BCUT2D eigenvalue weighted by Crippen LogP contribution is -2.20. The zero-order chi connectivity index (χ0) is 31.2. The molecule has 47 heavy (non-hydrogen) atoms. The van der Waals surface area contributed by atoms with Crippen molar-refractivity contribution in [1.82, 2.24) is 19.9 Å². The SMILES string of the molecule is C1=CC(c2ccncc2)NC(c2ccc3c(ccc4c5ccc(-c6cccc(-c7cccnc7)c6)cc5n(-c5ccccc5)c34)c2)=C1. The average molecular weight is 603 g/mol. The Kier molecular flexibility index (Phi) is 6.50. The molecule has 0 aliphatic carbocycles. The number of rotatable bonds is 5. The van der Waals surface area contributed by atoms with Crippen molar-refractivity contribution >= 4 is 38.3 Å². The molecule has 9 rings (SSSR count). The second-order valence-corrected chi connectivity index (χ2v) is 12.0. The summed E-state index contributed by atoms with van der Waals surface area (Å²) in [7, 11) is 0. The lowest BCUT2D eigenvalue weighted by atomic mass is 9.98. The summed E-state index contributed by atoms with van der Waals surface area (Å²) in [5, 5.41) is 8.64. The Morgan fingerprint density at radius 1 is 0.553 bits per heavy atom. The van der Waals surface area contributed by atoms with Crippen molar-refractivity contribution in [3.8, 4) is 27.9 Å². The van der Waals surface area contributed by atoms with Gasteiger partial charge in [0.25, 0.3) is 0 Å². The lowest BCUT2D eigenvalue weighted by Gasteiger charge is -2.22. The standard InChI is InChI=1S/C43H30N4/c1-2-10-36(11-3-1)47-42-27-32(30-7-4-8-31(25-30)35-9-6-22-45-28-35)14-18-38(42)39-19-15-33-26-34(16-17-37(33)43(39)47)41-13-5-12-40(46-41)29-20-23-44-24-21-29/h1-28,40,46H. The van der Waals surface area contributed by atoms with Crippen molar-refractivity contribution in [2.75, 3.05) is 0 Å². The van der Waals surface area contributed by atoms with Crippen molar-refractivity contribution in [3.05, 3.63) is 182 Å². The number of nitrogens with one attached hydrogen (secondary N) is 1. The first kappa shape index (κ1) is 27.1. The van der Waals surface area contributed by atoms with Gasteiger partial charge in [-0.25, -0.2) is 0 Å². The minimum atomic E-state index is 0.107. The fourth-order valence-corrected chi connectivity index (χ4v) is 6.91. The van der Waals surface area contributed by atoms with Crippen LogP contribution in [0.3, 0.4) is 0 Å². The van der Waals surface area contributed by atoms with E-state index in [9.17, 15) is 0 Å². The highest BCUT2D eigenvalue weighted by Crippen LogP contribution is 2.39. The van der Waals surface area contributed by atoms with Crippen molar-refractivity contribution < 1.29 is 0 Å². The molecule has 4 heterocycles. The van der Waals surface area contributed by atoms with Gasteiger partial charge < -0.3 is 9.88 Å². The molecule has 0 amide bonds. The summed E-state index contributed by atoms with van der Waals surface area (Å²) in [6.45, 7) is 0. The van der Waals surface area contributed by atoms with Crippen LogP contribution in [0, 0.1) is 0 Å². The van der Waals surface area contributed by atoms with Gasteiger partial charge in [0.2, 0.25) is 0 Å². The smallest absolute Gasteiger partial charge is 0.0702 e. The number of para-hydroxylation sites is 1. The molecule has 222 valence electrons. The molecular weight excluding hydrogens is 573 g/mol. The van der Waals surface area contributed by atoms with E-state index in [0.717, 1.165) is 22.5 Å². The average Bonchev–Trinajstić information content (AvgIpc) is 3.50. The first-order valence-corrected chi connectivity index (χ1v) is 15.9. The van der Waals surface area contributed by atoms with E-state index in [0.29, 0.717) is 0 Å². The van der Waals surface area contributed by atoms with E-state index in [4.69, 9.17) is 0 Å². The number of allylic oxidation sites excluding steroid dienone is 2. The maximum absolute atomic E-state index is 4.33. The van der Waals surface area contributed by atoms with Crippen molar-refractivity contribution in [1.29, 1.82) is 0 Å². The third-order valence-corrected chi connectivity index (χ3v) is 9.20. The number of nitrogens with zero attached hydrogens (tertiary/aromatic N) is 3. The normalized spacial score (nSPS) is 14.4. The molecule has 0 spiro atoms. The van der Waals surface area contributed by atoms with E-state index < -0.39 is 0 Å². The van der Waals surface area contributed by atoms with Crippen LogP contribution in [0.2, 0.25) is 0 Å². The van der Waals surface area contributed by atoms with Crippen molar-refractivity contribution in [3.63, 3.8) is 0 Å². The molecule has 1 unspecified atom stereocenters. The van der Waals surface area contributed by atoms with Gasteiger partial charge in [-0.3, -0.25) is 9.97 Å². The van der Waals surface area contributed by atoms with E-state index in [1.54, 1.807) is 0 Å². The summed E-state index contributed by atoms with van der Waals surface area (Å²) in [5.74, 6) is 0. The van der Waals surface area contributed by atoms with Gasteiger partial charge in [-0.1, -0.05) is 91.0 Å². The van der Waals surface area contributed by atoms with Crippen LogP contribution < -0.4 is 5.32 Å². The summed E-state index contributed by atoms with van der Waals surface area (Å²) in [6, 6.07) is 46.0. The van der Waals surface area contributed by atoms with Gasteiger partial charge in [0.05, 0.1) is 17.1 Å². The second-order valence-electron chi connectivity index (χ2n) is 12.0. The Morgan fingerprint density at radius 2 is 1.32 bits per heavy atom. The van der Waals surface area contributed by atoms with Gasteiger partial charge in [0.1, 0.15) is 0 Å². The van der Waals surface area contributed by atoms with E-state index >= 15 is 0 Å². The van der Waals surface area contributed by atoms with E-state index in [1.165, 1.54) is 54.8 Å². The topological polar surface area (TPSA) is 42.7 Å². The lowest BCUT2D eigenvalue weighted by molar-refractivity contribution is 0.762. The molecule has 1 aliphatic rings. The van der Waals surface area contributed by atoms with Gasteiger partial charge in [-0.2, -0.15) is 0 Å². The van der Waals surface area contributed by atoms with Crippen molar-refractivity contribution in [2.24, 2.45) is 0 Å². The van der Waals surface area contributed by atoms with E-state index in [1.807, 2.05) is 30.9 Å². The van der Waals surface area contributed by atoms with Crippen LogP contribution in [0.25, 0.3) is 66.2 Å². The third-order valence-electron chi connectivity index (χ3n) is 9.20. The van der Waals surface area contributed by atoms with Crippen molar-refractivity contribution in [2.45, 2.75) is 6.04 Å². The molecule has 0 saturated carbocycles. The number of dihydropyridines is 1. The fourth-order valence-electron chi connectivity index (χ4n) is 6.91. The highest BCUT2D eigenvalue weighted by atomic mass is 15.0. The van der Waals surface area contributed by atoms with Crippen LogP contribution in [-0.4, -0.2) is 14.5 Å². The quantitative estimate of drug-likeness (QED) is 0.213. The molecule has 0 bridgehead atoms. The molecule has 4 nitrogen and oxygen atoms in total. The molecular formula is C43H30N4. The number of hydrogen-bond acceptors (Lipinski definition) is 3. The highest BCUT2D eigenvalue weighted by molar-refractivity contribution is 6.19. The zero-order valence-corrected chi connectivity index (χ0v) is 25.6. The Balaban J connectivity index is 1.19. The summed E-state index contributed by atoms with van der Waals surface area (Å²) in [5.41, 5.74) is 11.7. The molecule has 0 radical (unpaired) electrons. The fraction of sp³-hybridized carbons (Fsp3) is 0.0233. The maximum atomic E-state index is 4.33. The van der Waals surface area contributed by atoms with Crippen LogP contribution in [0.5, 0.6) is 0 Å². The molecule has 0 saturated heterocycles. The zero-order valence-electron chi connectivity index (χ0n) is 25.6. The first-order valence-electron chi connectivity index (χ1n) is 15.9. The molecule has 1 atom stereocenters. The molecule has 4 heteroatoms.